The smallest absolute Gasteiger partial charge is 0.192 e. The molecule has 2 heterocycles. The zero-order chi connectivity index (χ0) is 13.9. The fourth-order valence-electron chi connectivity index (χ4n) is 2.01. The van der Waals surface area contributed by atoms with E-state index in [-0.39, 0.29) is 5.43 Å². The molecule has 2 aromatic heterocycles. The molecule has 100 valence electrons. The van der Waals surface area contributed by atoms with Crippen molar-refractivity contribution in [1.82, 2.24) is 15.0 Å². The first kappa shape index (κ1) is 12.3. The number of hydrogen-bond acceptors (Lipinski definition) is 4. The first-order chi connectivity index (χ1) is 9.76. The van der Waals surface area contributed by atoms with Gasteiger partial charge in [0, 0.05) is 24.9 Å². The van der Waals surface area contributed by atoms with Crippen molar-refractivity contribution in [3.63, 3.8) is 0 Å². The molecule has 0 fully saturated rings. The highest BCUT2D eigenvalue weighted by Crippen LogP contribution is 2.13. The molecule has 3 rings (SSSR count). The quantitative estimate of drug-likeness (QED) is 0.787. The van der Waals surface area contributed by atoms with E-state index < -0.39 is 0 Å². The fraction of sp³-hybridized carbons (Fsp3) is 0.133. The number of H-pyrrole nitrogens is 1. The molecule has 0 spiro atoms. The second-order valence-corrected chi connectivity index (χ2v) is 4.42. The van der Waals surface area contributed by atoms with Crippen molar-refractivity contribution < 1.29 is 4.74 Å². The van der Waals surface area contributed by atoms with E-state index in [9.17, 15) is 4.79 Å². The number of aromatic nitrogens is 3. The van der Waals surface area contributed by atoms with Crippen molar-refractivity contribution in [1.29, 1.82) is 0 Å². The van der Waals surface area contributed by atoms with Gasteiger partial charge in [-0.25, -0.2) is 9.97 Å². The summed E-state index contributed by atoms with van der Waals surface area (Å²) in [7, 11) is 1.64. The first-order valence-electron chi connectivity index (χ1n) is 6.22. The second-order valence-electron chi connectivity index (χ2n) is 4.42. The first-order valence-corrected chi connectivity index (χ1v) is 6.22. The van der Waals surface area contributed by atoms with Crippen LogP contribution in [0.15, 0.2) is 47.5 Å². The van der Waals surface area contributed by atoms with Gasteiger partial charge in [-0.2, -0.15) is 0 Å². The molecule has 0 unspecified atom stereocenters. The Bertz CT molecular complexity index is 794. The Morgan fingerprint density at radius 2 is 2.00 bits per heavy atom. The zero-order valence-corrected chi connectivity index (χ0v) is 11.0. The monoisotopic (exact) mass is 267 g/mol. The third-order valence-corrected chi connectivity index (χ3v) is 3.08. The van der Waals surface area contributed by atoms with Gasteiger partial charge in [-0.3, -0.25) is 4.79 Å². The average Bonchev–Trinajstić information content (AvgIpc) is 2.48. The van der Waals surface area contributed by atoms with Gasteiger partial charge in [0.15, 0.2) is 5.43 Å². The Balaban J connectivity index is 1.92. The molecule has 5 nitrogen and oxygen atoms in total. The predicted molar refractivity (Wildman–Crippen MR) is 76.0 cm³/mol. The Hall–Kier alpha value is -2.69. The average molecular weight is 267 g/mol. The van der Waals surface area contributed by atoms with Gasteiger partial charge in [0.1, 0.15) is 17.2 Å². The normalized spacial score (nSPS) is 10.7. The van der Waals surface area contributed by atoms with E-state index in [0.717, 1.165) is 11.3 Å². The van der Waals surface area contributed by atoms with Crippen LogP contribution in [0.5, 0.6) is 5.75 Å². The molecule has 0 amide bonds. The van der Waals surface area contributed by atoms with Gasteiger partial charge < -0.3 is 9.72 Å². The van der Waals surface area contributed by atoms with Crippen LogP contribution in [0.4, 0.5) is 0 Å². The lowest BCUT2D eigenvalue weighted by atomic mass is 10.1. The number of benzene rings is 1. The van der Waals surface area contributed by atoms with Gasteiger partial charge in [0.2, 0.25) is 0 Å². The maximum absolute atomic E-state index is 11.6. The number of nitrogens with one attached hydrogen (secondary N) is 1. The minimum atomic E-state index is -0.0743. The molecular weight excluding hydrogens is 254 g/mol. The number of ether oxygens (including phenoxy) is 1. The largest absolute Gasteiger partial charge is 0.497 e. The number of aromatic amines is 1. The second kappa shape index (κ2) is 5.13. The van der Waals surface area contributed by atoms with Crippen LogP contribution in [0.3, 0.4) is 0 Å². The third kappa shape index (κ3) is 2.38. The standard InChI is InChI=1S/C15H13N3O2/c1-20-11-4-2-10(3-5-11)8-14-17-9-12-13(19)6-7-16-15(12)18-14/h2-7,9H,8H2,1H3,(H,16,17,18,19). The molecular formula is C15H13N3O2. The van der Waals surface area contributed by atoms with Crippen LogP contribution in [0.25, 0.3) is 11.0 Å². The molecule has 1 N–H and O–H groups in total. The number of methoxy groups -OCH3 is 1. The summed E-state index contributed by atoms with van der Waals surface area (Å²) < 4.78 is 5.12. The zero-order valence-electron chi connectivity index (χ0n) is 11.0. The molecule has 0 saturated carbocycles. The maximum atomic E-state index is 11.6. The van der Waals surface area contributed by atoms with E-state index in [1.165, 1.54) is 6.07 Å². The predicted octanol–water partition coefficient (Wildman–Crippen LogP) is 1.92. The van der Waals surface area contributed by atoms with Crippen molar-refractivity contribution in [2.75, 3.05) is 7.11 Å². The van der Waals surface area contributed by atoms with E-state index in [1.807, 2.05) is 24.3 Å². The van der Waals surface area contributed by atoms with Gasteiger partial charge in [-0.15, -0.1) is 0 Å². The number of rotatable bonds is 3. The molecule has 0 aliphatic heterocycles. The Morgan fingerprint density at radius 1 is 1.20 bits per heavy atom. The van der Waals surface area contributed by atoms with E-state index in [0.29, 0.717) is 23.3 Å². The third-order valence-electron chi connectivity index (χ3n) is 3.08. The van der Waals surface area contributed by atoms with E-state index in [2.05, 4.69) is 15.0 Å². The fourth-order valence-corrected chi connectivity index (χ4v) is 2.01. The van der Waals surface area contributed by atoms with Crippen molar-refractivity contribution in [3.8, 4) is 5.75 Å². The van der Waals surface area contributed by atoms with Crippen molar-refractivity contribution in [2.24, 2.45) is 0 Å². The highest BCUT2D eigenvalue weighted by molar-refractivity contribution is 5.72. The van der Waals surface area contributed by atoms with Gasteiger partial charge >= 0.3 is 0 Å². The Morgan fingerprint density at radius 3 is 2.75 bits per heavy atom. The van der Waals surface area contributed by atoms with E-state index >= 15 is 0 Å². The molecule has 0 radical (unpaired) electrons. The molecule has 0 atom stereocenters. The SMILES string of the molecule is COc1ccc(Cc2ncc3c(=O)cc[nH]c3n2)cc1. The Kier molecular flexibility index (Phi) is 3.16. The van der Waals surface area contributed by atoms with E-state index in [1.54, 1.807) is 19.5 Å². The van der Waals surface area contributed by atoms with Gasteiger partial charge in [0.25, 0.3) is 0 Å². The van der Waals surface area contributed by atoms with Gasteiger partial charge in [0.05, 0.1) is 12.5 Å². The topological polar surface area (TPSA) is 67.9 Å². The van der Waals surface area contributed by atoms with Crippen LogP contribution >= 0.6 is 0 Å². The number of fused-ring (bicyclic) bond motifs is 1. The molecule has 20 heavy (non-hydrogen) atoms. The van der Waals surface area contributed by atoms with Crippen LogP contribution in [0, 0.1) is 0 Å². The summed E-state index contributed by atoms with van der Waals surface area (Å²) in [6, 6.07) is 9.21. The molecule has 3 aromatic rings. The number of pyridine rings is 1. The molecule has 0 saturated heterocycles. The molecule has 0 aliphatic carbocycles. The summed E-state index contributed by atoms with van der Waals surface area (Å²) in [6.45, 7) is 0. The lowest BCUT2D eigenvalue weighted by Gasteiger charge is -2.03. The molecule has 5 heteroatoms. The van der Waals surface area contributed by atoms with Crippen LogP contribution < -0.4 is 10.2 Å². The van der Waals surface area contributed by atoms with E-state index in [4.69, 9.17) is 4.74 Å². The van der Waals surface area contributed by atoms with Crippen molar-refractivity contribution in [2.45, 2.75) is 6.42 Å². The lowest BCUT2D eigenvalue weighted by molar-refractivity contribution is 0.414. The molecule has 0 bridgehead atoms. The number of nitrogens with zero attached hydrogens (tertiary/aromatic N) is 2. The van der Waals surface area contributed by atoms with Crippen LogP contribution in [0.1, 0.15) is 11.4 Å². The summed E-state index contributed by atoms with van der Waals surface area (Å²) in [6.07, 6.45) is 3.77. The van der Waals surface area contributed by atoms with Crippen molar-refractivity contribution in [3.05, 3.63) is 64.3 Å². The van der Waals surface area contributed by atoms with Gasteiger partial charge in [-0.1, -0.05) is 12.1 Å². The van der Waals surface area contributed by atoms with Crippen molar-refractivity contribution >= 4 is 11.0 Å². The summed E-state index contributed by atoms with van der Waals surface area (Å²) in [5, 5.41) is 0.506. The summed E-state index contributed by atoms with van der Waals surface area (Å²) in [4.78, 5) is 23.2. The van der Waals surface area contributed by atoms with Crippen LogP contribution in [-0.2, 0) is 6.42 Å². The van der Waals surface area contributed by atoms with Crippen LogP contribution in [0.2, 0.25) is 0 Å². The lowest BCUT2D eigenvalue weighted by Crippen LogP contribution is -2.05. The summed E-state index contributed by atoms with van der Waals surface area (Å²) >= 11 is 0. The summed E-state index contributed by atoms with van der Waals surface area (Å²) in [5.41, 5.74) is 1.58. The Labute approximate surface area is 115 Å². The minimum Gasteiger partial charge on any atom is -0.497 e. The molecule has 1 aromatic carbocycles. The highest BCUT2D eigenvalue weighted by atomic mass is 16.5. The highest BCUT2D eigenvalue weighted by Gasteiger charge is 2.04. The van der Waals surface area contributed by atoms with Gasteiger partial charge in [-0.05, 0) is 17.7 Å². The maximum Gasteiger partial charge on any atom is 0.192 e. The minimum absolute atomic E-state index is 0.0743. The number of hydrogen-bond donors (Lipinski definition) is 1. The molecule has 0 aliphatic rings. The summed E-state index contributed by atoms with van der Waals surface area (Å²) in [5.74, 6) is 1.49. The van der Waals surface area contributed by atoms with Crippen LogP contribution in [-0.4, -0.2) is 22.1 Å².